The summed E-state index contributed by atoms with van der Waals surface area (Å²) in [4.78, 5) is 18.4. The van der Waals surface area contributed by atoms with E-state index in [-0.39, 0.29) is 5.56 Å². The quantitative estimate of drug-likeness (QED) is 0.577. The lowest BCUT2D eigenvalue weighted by molar-refractivity contribution is 0.664. The monoisotopic (exact) mass is 311 g/mol. The standard InChI is InChI=1S/C15H10ClN5O/c16-13-5-4-12-15(18-13)21(20-19-12)8-9-1-3-11-10(7-9)2-6-14(22)17-11/h1-7H,8H2,(H,17,22). The minimum atomic E-state index is -0.110. The fraction of sp³-hybridized carbons (Fsp3) is 0.0667. The van der Waals surface area contributed by atoms with Gasteiger partial charge in [-0.2, -0.15) is 0 Å². The molecule has 6 nitrogen and oxygen atoms in total. The topological polar surface area (TPSA) is 76.5 Å². The van der Waals surface area contributed by atoms with Gasteiger partial charge in [0.05, 0.1) is 6.54 Å². The van der Waals surface area contributed by atoms with Gasteiger partial charge in [-0.1, -0.05) is 22.9 Å². The summed E-state index contributed by atoms with van der Waals surface area (Å²) in [6, 6.07) is 12.6. The molecule has 0 aliphatic rings. The summed E-state index contributed by atoms with van der Waals surface area (Å²) < 4.78 is 1.70. The second-order valence-corrected chi connectivity index (χ2v) is 5.36. The highest BCUT2D eigenvalue weighted by atomic mass is 35.5. The van der Waals surface area contributed by atoms with Gasteiger partial charge in [-0.3, -0.25) is 4.79 Å². The van der Waals surface area contributed by atoms with Gasteiger partial charge in [-0.05, 0) is 41.3 Å². The molecule has 108 valence electrons. The predicted octanol–water partition coefficient (Wildman–Crippen LogP) is 2.37. The molecule has 3 heterocycles. The molecule has 4 rings (SSSR count). The Morgan fingerprint density at radius 2 is 2.05 bits per heavy atom. The van der Waals surface area contributed by atoms with E-state index in [0.29, 0.717) is 22.9 Å². The summed E-state index contributed by atoms with van der Waals surface area (Å²) in [5, 5.41) is 9.56. The van der Waals surface area contributed by atoms with Crippen LogP contribution in [0.3, 0.4) is 0 Å². The minimum Gasteiger partial charge on any atom is -0.322 e. The van der Waals surface area contributed by atoms with Crippen molar-refractivity contribution in [2.24, 2.45) is 0 Å². The summed E-state index contributed by atoms with van der Waals surface area (Å²) in [5.74, 6) is 0. The highest BCUT2D eigenvalue weighted by Crippen LogP contribution is 2.16. The van der Waals surface area contributed by atoms with E-state index in [9.17, 15) is 4.79 Å². The number of pyridine rings is 2. The van der Waals surface area contributed by atoms with Crippen molar-refractivity contribution in [3.63, 3.8) is 0 Å². The number of H-pyrrole nitrogens is 1. The van der Waals surface area contributed by atoms with Gasteiger partial charge < -0.3 is 4.98 Å². The van der Waals surface area contributed by atoms with Gasteiger partial charge in [0.15, 0.2) is 5.65 Å². The molecule has 0 bridgehead atoms. The van der Waals surface area contributed by atoms with Gasteiger partial charge >= 0.3 is 0 Å². The molecule has 0 radical (unpaired) electrons. The lowest BCUT2D eigenvalue weighted by Crippen LogP contribution is -2.05. The molecule has 7 heteroatoms. The van der Waals surface area contributed by atoms with E-state index in [4.69, 9.17) is 11.6 Å². The number of aromatic amines is 1. The number of hydrogen-bond donors (Lipinski definition) is 1. The Kier molecular flexibility index (Phi) is 2.90. The largest absolute Gasteiger partial charge is 0.322 e. The van der Waals surface area contributed by atoms with Gasteiger partial charge in [0.1, 0.15) is 10.7 Å². The van der Waals surface area contributed by atoms with E-state index < -0.39 is 0 Å². The van der Waals surface area contributed by atoms with Crippen LogP contribution in [0.2, 0.25) is 5.15 Å². The zero-order valence-electron chi connectivity index (χ0n) is 11.3. The zero-order valence-corrected chi connectivity index (χ0v) is 12.1. The van der Waals surface area contributed by atoms with Crippen molar-refractivity contribution in [3.05, 3.63) is 63.5 Å². The number of hydrogen-bond acceptors (Lipinski definition) is 4. The van der Waals surface area contributed by atoms with Crippen LogP contribution >= 0.6 is 11.6 Å². The Balaban J connectivity index is 1.77. The Bertz CT molecular complexity index is 1050. The van der Waals surface area contributed by atoms with E-state index in [1.807, 2.05) is 18.2 Å². The summed E-state index contributed by atoms with van der Waals surface area (Å²) >= 11 is 5.93. The number of nitrogens with zero attached hydrogens (tertiary/aromatic N) is 4. The molecule has 0 amide bonds. The Morgan fingerprint density at radius 1 is 1.14 bits per heavy atom. The third-order valence-electron chi connectivity index (χ3n) is 3.45. The van der Waals surface area contributed by atoms with Crippen molar-refractivity contribution >= 4 is 33.7 Å². The molecule has 0 saturated heterocycles. The van der Waals surface area contributed by atoms with E-state index in [2.05, 4.69) is 20.3 Å². The lowest BCUT2D eigenvalue weighted by Gasteiger charge is -2.04. The fourth-order valence-corrected chi connectivity index (χ4v) is 2.56. The van der Waals surface area contributed by atoms with Gasteiger partial charge in [0.25, 0.3) is 0 Å². The highest BCUT2D eigenvalue weighted by molar-refractivity contribution is 6.29. The third kappa shape index (κ3) is 2.23. The van der Waals surface area contributed by atoms with Gasteiger partial charge in [-0.25, -0.2) is 9.67 Å². The van der Waals surface area contributed by atoms with Crippen LogP contribution in [0.1, 0.15) is 5.56 Å². The molecule has 0 atom stereocenters. The molecule has 4 aromatic rings. The Morgan fingerprint density at radius 3 is 2.95 bits per heavy atom. The first-order valence-electron chi connectivity index (χ1n) is 6.67. The summed E-state index contributed by atoms with van der Waals surface area (Å²) in [6.07, 6.45) is 0. The lowest BCUT2D eigenvalue weighted by atomic mass is 10.1. The van der Waals surface area contributed by atoms with Crippen LogP contribution in [0.5, 0.6) is 0 Å². The number of halogens is 1. The summed E-state index contributed by atoms with van der Waals surface area (Å²) in [6.45, 7) is 0.527. The van der Waals surface area contributed by atoms with Crippen molar-refractivity contribution in [2.45, 2.75) is 6.54 Å². The molecule has 22 heavy (non-hydrogen) atoms. The van der Waals surface area contributed by atoms with Crippen molar-refractivity contribution < 1.29 is 0 Å². The SMILES string of the molecule is O=c1ccc2cc(Cn3nnc4ccc(Cl)nc43)ccc2[nH]1. The average Bonchev–Trinajstić information content (AvgIpc) is 2.90. The number of fused-ring (bicyclic) bond motifs is 2. The van der Waals surface area contributed by atoms with Crippen molar-refractivity contribution in [3.8, 4) is 0 Å². The van der Waals surface area contributed by atoms with Gasteiger partial charge in [0, 0.05) is 11.6 Å². The molecule has 0 saturated carbocycles. The molecule has 0 unspecified atom stereocenters. The van der Waals surface area contributed by atoms with Crippen LogP contribution in [0.15, 0.2) is 47.3 Å². The van der Waals surface area contributed by atoms with E-state index in [1.165, 1.54) is 6.07 Å². The molecule has 0 aliphatic carbocycles. The van der Waals surface area contributed by atoms with E-state index in [0.717, 1.165) is 16.5 Å². The number of rotatable bonds is 2. The van der Waals surface area contributed by atoms with Crippen LogP contribution < -0.4 is 5.56 Å². The zero-order chi connectivity index (χ0) is 15.1. The molecule has 0 fully saturated rings. The van der Waals surface area contributed by atoms with Gasteiger partial charge in [0.2, 0.25) is 5.56 Å². The van der Waals surface area contributed by atoms with Gasteiger partial charge in [-0.15, -0.1) is 5.10 Å². The molecular weight excluding hydrogens is 302 g/mol. The highest BCUT2D eigenvalue weighted by Gasteiger charge is 2.07. The van der Waals surface area contributed by atoms with Crippen LogP contribution in [-0.2, 0) is 6.54 Å². The first kappa shape index (κ1) is 13.0. The average molecular weight is 312 g/mol. The molecular formula is C15H10ClN5O. The van der Waals surface area contributed by atoms with Crippen LogP contribution in [0.25, 0.3) is 22.1 Å². The Hall–Kier alpha value is -2.73. The van der Waals surface area contributed by atoms with Crippen molar-refractivity contribution in [2.75, 3.05) is 0 Å². The van der Waals surface area contributed by atoms with Crippen LogP contribution in [0, 0.1) is 0 Å². The molecule has 0 spiro atoms. The first-order valence-corrected chi connectivity index (χ1v) is 7.04. The van der Waals surface area contributed by atoms with Crippen molar-refractivity contribution in [1.29, 1.82) is 0 Å². The molecule has 1 N–H and O–H groups in total. The van der Waals surface area contributed by atoms with E-state index >= 15 is 0 Å². The molecule has 3 aromatic heterocycles. The van der Waals surface area contributed by atoms with Crippen molar-refractivity contribution in [1.82, 2.24) is 25.0 Å². The van der Waals surface area contributed by atoms with Crippen LogP contribution in [0.4, 0.5) is 0 Å². The fourth-order valence-electron chi connectivity index (χ4n) is 2.41. The van der Waals surface area contributed by atoms with E-state index in [1.54, 1.807) is 22.9 Å². The number of nitrogens with one attached hydrogen (secondary N) is 1. The normalized spacial score (nSPS) is 11.3. The summed E-state index contributed by atoms with van der Waals surface area (Å²) in [7, 11) is 0. The molecule has 1 aromatic carbocycles. The second-order valence-electron chi connectivity index (χ2n) is 4.97. The molecule has 0 aliphatic heterocycles. The second kappa shape index (κ2) is 4.92. The Labute approximate surface area is 129 Å². The third-order valence-corrected chi connectivity index (χ3v) is 3.66. The maximum Gasteiger partial charge on any atom is 0.248 e. The van der Waals surface area contributed by atoms with Crippen LogP contribution in [-0.4, -0.2) is 25.0 Å². The predicted molar refractivity (Wildman–Crippen MR) is 84.0 cm³/mol. The number of benzene rings is 1. The maximum atomic E-state index is 11.3. The first-order chi connectivity index (χ1) is 10.7. The smallest absolute Gasteiger partial charge is 0.248 e. The summed E-state index contributed by atoms with van der Waals surface area (Å²) in [5.41, 5.74) is 3.08. The number of aromatic nitrogens is 5. The maximum absolute atomic E-state index is 11.3. The minimum absolute atomic E-state index is 0.110.